The molecule has 0 aliphatic heterocycles. The standard InChI is InChI=1S/C18H22N4O2/c1-12-7-13(2)22-15(10-20-18(22)21-12)9-19-17(11-23)14-5-4-6-16(8-14)24-3/h4-8,10,17,19,23H,9,11H2,1-3H3. The number of methoxy groups -OCH3 is 1. The van der Waals surface area contributed by atoms with E-state index in [1.54, 1.807) is 7.11 Å². The summed E-state index contributed by atoms with van der Waals surface area (Å²) in [6, 6.07) is 9.57. The highest BCUT2D eigenvalue weighted by Gasteiger charge is 2.13. The maximum absolute atomic E-state index is 9.74. The van der Waals surface area contributed by atoms with Gasteiger partial charge in [0.1, 0.15) is 5.75 Å². The van der Waals surface area contributed by atoms with Crippen molar-refractivity contribution in [1.29, 1.82) is 0 Å². The van der Waals surface area contributed by atoms with Crippen molar-refractivity contribution in [3.63, 3.8) is 0 Å². The second kappa shape index (κ2) is 6.98. The van der Waals surface area contributed by atoms with Gasteiger partial charge in [-0.1, -0.05) is 12.1 Å². The van der Waals surface area contributed by atoms with Gasteiger partial charge in [0.15, 0.2) is 0 Å². The molecule has 1 aromatic carbocycles. The van der Waals surface area contributed by atoms with Crippen molar-refractivity contribution in [3.8, 4) is 5.75 Å². The summed E-state index contributed by atoms with van der Waals surface area (Å²) in [6.07, 6.45) is 1.82. The molecule has 0 saturated carbocycles. The maximum Gasteiger partial charge on any atom is 0.234 e. The number of aliphatic hydroxyl groups is 1. The number of fused-ring (bicyclic) bond motifs is 1. The third-order valence-electron chi connectivity index (χ3n) is 4.07. The largest absolute Gasteiger partial charge is 0.497 e. The number of imidazole rings is 1. The van der Waals surface area contributed by atoms with Crippen LogP contribution in [-0.2, 0) is 6.54 Å². The first-order valence-electron chi connectivity index (χ1n) is 7.91. The molecule has 6 nitrogen and oxygen atoms in total. The number of hydrogen-bond acceptors (Lipinski definition) is 5. The van der Waals surface area contributed by atoms with Crippen LogP contribution in [-0.4, -0.2) is 33.2 Å². The summed E-state index contributed by atoms with van der Waals surface area (Å²) in [5, 5.41) is 13.1. The van der Waals surface area contributed by atoms with Gasteiger partial charge in [-0.3, -0.25) is 4.40 Å². The van der Waals surface area contributed by atoms with Crippen molar-refractivity contribution in [2.75, 3.05) is 13.7 Å². The average Bonchev–Trinajstić information content (AvgIpc) is 2.99. The van der Waals surface area contributed by atoms with Crippen molar-refractivity contribution in [1.82, 2.24) is 19.7 Å². The molecule has 0 fully saturated rings. The second-order valence-corrected chi connectivity index (χ2v) is 5.82. The highest BCUT2D eigenvalue weighted by atomic mass is 16.5. The van der Waals surface area contributed by atoms with Crippen LogP contribution in [0.3, 0.4) is 0 Å². The van der Waals surface area contributed by atoms with Crippen LogP contribution in [0.15, 0.2) is 36.5 Å². The number of aromatic nitrogens is 3. The van der Waals surface area contributed by atoms with E-state index in [4.69, 9.17) is 4.74 Å². The van der Waals surface area contributed by atoms with Crippen LogP contribution in [0.25, 0.3) is 5.78 Å². The van der Waals surface area contributed by atoms with Gasteiger partial charge < -0.3 is 15.2 Å². The molecule has 0 amide bonds. The Morgan fingerprint density at radius 1 is 1.29 bits per heavy atom. The molecule has 3 aromatic rings. The summed E-state index contributed by atoms with van der Waals surface area (Å²) in [5.41, 5.74) is 4.04. The molecule has 2 heterocycles. The van der Waals surface area contributed by atoms with E-state index in [0.29, 0.717) is 12.3 Å². The summed E-state index contributed by atoms with van der Waals surface area (Å²) in [7, 11) is 1.64. The Kier molecular flexibility index (Phi) is 4.78. The van der Waals surface area contributed by atoms with Crippen molar-refractivity contribution < 1.29 is 9.84 Å². The Morgan fingerprint density at radius 3 is 2.88 bits per heavy atom. The summed E-state index contributed by atoms with van der Waals surface area (Å²) in [4.78, 5) is 8.82. The lowest BCUT2D eigenvalue weighted by molar-refractivity contribution is 0.243. The molecular weight excluding hydrogens is 304 g/mol. The van der Waals surface area contributed by atoms with E-state index in [1.165, 1.54) is 0 Å². The quantitative estimate of drug-likeness (QED) is 0.726. The van der Waals surface area contributed by atoms with E-state index in [2.05, 4.69) is 15.3 Å². The van der Waals surface area contributed by atoms with E-state index in [-0.39, 0.29) is 12.6 Å². The fourth-order valence-corrected chi connectivity index (χ4v) is 2.89. The minimum atomic E-state index is -0.177. The molecule has 0 aliphatic carbocycles. The zero-order valence-electron chi connectivity index (χ0n) is 14.2. The van der Waals surface area contributed by atoms with E-state index < -0.39 is 0 Å². The lowest BCUT2D eigenvalue weighted by Crippen LogP contribution is -2.24. The molecule has 0 aliphatic rings. The summed E-state index contributed by atoms with van der Waals surface area (Å²) >= 11 is 0. The van der Waals surface area contributed by atoms with Gasteiger partial charge in [0.25, 0.3) is 0 Å². The Hall–Kier alpha value is -2.44. The van der Waals surface area contributed by atoms with Gasteiger partial charge in [-0.15, -0.1) is 0 Å². The third-order valence-corrected chi connectivity index (χ3v) is 4.07. The van der Waals surface area contributed by atoms with E-state index in [9.17, 15) is 5.11 Å². The zero-order valence-corrected chi connectivity index (χ0v) is 14.2. The number of aryl methyl sites for hydroxylation is 2. The smallest absolute Gasteiger partial charge is 0.234 e. The number of rotatable bonds is 6. The molecule has 1 unspecified atom stereocenters. The topological polar surface area (TPSA) is 71.7 Å². The first-order valence-corrected chi connectivity index (χ1v) is 7.91. The molecule has 0 spiro atoms. The third kappa shape index (κ3) is 3.25. The van der Waals surface area contributed by atoms with Crippen LogP contribution >= 0.6 is 0 Å². The van der Waals surface area contributed by atoms with Gasteiger partial charge in [-0.25, -0.2) is 9.97 Å². The molecular formula is C18H22N4O2. The maximum atomic E-state index is 9.74. The molecule has 1 atom stereocenters. The van der Waals surface area contributed by atoms with E-state index >= 15 is 0 Å². The van der Waals surface area contributed by atoms with Crippen LogP contribution < -0.4 is 10.1 Å². The lowest BCUT2D eigenvalue weighted by atomic mass is 10.1. The Labute approximate surface area is 141 Å². The van der Waals surface area contributed by atoms with Crippen molar-refractivity contribution >= 4 is 5.78 Å². The normalized spacial score (nSPS) is 12.5. The Bertz CT molecular complexity index is 844. The van der Waals surface area contributed by atoms with Crippen LogP contribution in [0.1, 0.15) is 28.7 Å². The van der Waals surface area contributed by atoms with Crippen LogP contribution in [0.5, 0.6) is 5.75 Å². The molecule has 3 rings (SSSR count). The van der Waals surface area contributed by atoms with Gasteiger partial charge in [-0.2, -0.15) is 0 Å². The molecule has 0 radical (unpaired) electrons. The van der Waals surface area contributed by atoms with Crippen LogP contribution in [0.2, 0.25) is 0 Å². The van der Waals surface area contributed by atoms with Gasteiger partial charge in [-0.05, 0) is 37.6 Å². The molecule has 24 heavy (non-hydrogen) atoms. The van der Waals surface area contributed by atoms with Gasteiger partial charge >= 0.3 is 0 Å². The summed E-state index contributed by atoms with van der Waals surface area (Å²) in [5.74, 6) is 1.48. The monoisotopic (exact) mass is 326 g/mol. The lowest BCUT2D eigenvalue weighted by Gasteiger charge is -2.17. The molecule has 126 valence electrons. The predicted molar refractivity (Wildman–Crippen MR) is 92.1 cm³/mol. The SMILES string of the molecule is COc1cccc(C(CO)NCc2cnc3nc(C)cc(C)n23)c1. The van der Waals surface area contributed by atoms with Gasteiger partial charge in [0, 0.05) is 17.9 Å². The van der Waals surface area contributed by atoms with E-state index in [0.717, 1.165) is 28.4 Å². The first kappa shape index (κ1) is 16.4. The van der Waals surface area contributed by atoms with Crippen molar-refractivity contribution in [3.05, 3.63) is 59.2 Å². The number of benzene rings is 1. The fourth-order valence-electron chi connectivity index (χ4n) is 2.89. The van der Waals surface area contributed by atoms with Crippen molar-refractivity contribution in [2.45, 2.75) is 26.4 Å². The Morgan fingerprint density at radius 2 is 2.12 bits per heavy atom. The minimum absolute atomic E-state index is 0.000242. The minimum Gasteiger partial charge on any atom is -0.497 e. The second-order valence-electron chi connectivity index (χ2n) is 5.82. The van der Waals surface area contributed by atoms with Gasteiger partial charge in [0.2, 0.25) is 5.78 Å². The Balaban J connectivity index is 1.81. The zero-order chi connectivity index (χ0) is 17.1. The number of aliphatic hydroxyl groups excluding tert-OH is 1. The first-order chi connectivity index (χ1) is 11.6. The highest BCUT2D eigenvalue weighted by Crippen LogP contribution is 2.19. The van der Waals surface area contributed by atoms with Gasteiger partial charge in [0.05, 0.1) is 31.6 Å². The van der Waals surface area contributed by atoms with Crippen LogP contribution in [0, 0.1) is 13.8 Å². The molecule has 6 heteroatoms. The van der Waals surface area contributed by atoms with Crippen LogP contribution in [0.4, 0.5) is 0 Å². The number of nitrogens with zero attached hydrogens (tertiary/aromatic N) is 3. The molecule has 0 saturated heterocycles. The molecule has 2 aromatic heterocycles. The number of hydrogen-bond donors (Lipinski definition) is 2. The van der Waals surface area contributed by atoms with E-state index in [1.807, 2.05) is 54.8 Å². The number of nitrogens with one attached hydrogen (secondary N) is 1. The fraction of sp³-hybridized carbons (Fsp3) is 0.333. The van der Waals surface area contributed by atoms with Crippen molar-refractivity contribution in [2.24, 2.45) is 0 Å². The molecule has 2 N–H and O–H groups in total. The summed E-state index contributed by atoms with van der Waals surface area (Å²) in [6.45, 7) is 4.58. The average molecular weight is 326 g/mol. The highest BCUT2D eigenvalue weighted by molar-refractivity contribution is 5.36. The summed E-state index contributed by atoms with van der Waals surface area (Å²) < 4.78 is 7.28. The molecule has 0 bridgehead atoms. The number of ether oxygens (including phenoxy) is 1. The predicted octanol–water partition coefficient (Wildman–Crippen LogP) is 2.18.